The van der Waals surface area contributed by atoms with Gasteiger partial charge in [0.1, 0.15) is 23.9 Å². The summed E-state index contributed by atoms with van der Waals surface area (Å²) < 4.78 is 30.4. The molecule has 0 unspecified atom stereocenters. The van der Waals surface area contributed by atoms with Crippen LogP contribution >= 0.6 is 0 Å². The van der Waals surface area contributed by atoms with Crippen LogP contribution in [0, 0.1) is 53.3 Å². The molecule has 149 heavy (non-hydrogen) atoms. The fourth-order valence-electron chi connectivity index (χ4n) is 19.0. The maximum absolute atomic E-state index is 12.3. The minimum absolute atomic E-state index is 0.0545. The Morgan fingerprint density at radius 3 is 1.02 bits per heavy atom. The normalized spacial score (nSPS) is 14.0. The summed E-state index contributed by atoms with van der Waals surface area (Å²) >= 11 is 0. The molecule has 3 fully saturated rings. The molecule has 0 saturated carbocycles. The van der Waals surface area contributed by atoms with Crippen LogP contribution in [0.1, 0.15) is 330 Å². The Hall–Kier alpha value is -9.57. The third kappa shape index (κ3) is 58.7. The fraction of sp³-hybridized carbons (Fsp3) is 0.529. The number of unbranched alkanes of at least 4 members (excludes halogenated alkanes) is 5. The van der Waals surface area contributed by atoms with E-state index in [0.29, 0.717) is 78.3 Å². The Labute approximate surface area is 906 Å². The van der Waals surface area contributed by atoms with Gasteiger partial charge in [-0.1, -0.05) is 413 Å². The van der Waals surface area contributed by atoms with Gasteiger partial charge in [0.15, 0.2) is 21.4 Å². The second kappa shape index (κ2) is 74.4. The minimum Gasteiger partial charge on any atom is -0.492 e. The van der Waals surface area contributed by atoms with Gasteiger partial charge < -0.3 is 25.8 Å². The molecule has 13 rings (SSSR count). The van der Waals surface area contributed by atoms with Crippen molar-refractivity contribution in [2.24, 2.45) is 59.0 Å². The third-order valence-corrected chi connectivity index (χ3v) is 28.8. The van der Waals surface area contributed by atoms with Crippen LogP contribution in [0.3, 0.4) is 0 Å². The van der Waals surface area contributed by atoms with Crippen molar-refractivity contribution in [3.8, 4) is 5.75 Å². The summed E-state index contributed by atoms with van der Waals surface area (Å²) in [4.78, 5) is 53.3. The van der Waals surface area contributed by atoms with E-state index in [1.807, 2.05) is 72.8 Å². The molecule has 3 aliphatic rings. The number of ether oxygens (including phenoxy) is 1. The fourth-order valence-corrected chi connectivity index (χ4v) is 20.3. The van der Waals surface area contributed by atoms with E-state index in [-0.39, 0.29) is 47.7 Å². The molecule has 0 amide bonds. The van der Waals surface area contributed by atoms with Crippen molar-refractivity contribution in [1.29, 1.82) is 0 Å². The van der Waals surface area contributed by atoms with Crippen molar-refractivity contribution in [3.05, 3.63) is 344 Å². The Morgan fingerprint density at radius 2 is 0.658 bits per heavy atom. The van der Waals surface area contributed by atoms with Gasteiger partial charge in [0.25, 0.3) is 0 Å². The maximum Gasteiger partial charge on any atom is 0.182 e. The Morgan fingerprint density at radius 1 is 0.342 bits per heavy atom. The lowest BCUT2D eigenvalue weighted by atomic mass is 9.97. The molecule has 12 nitrogen and oxygen atoms in total. The number of piperidine rings is 2. The number of aliphatic hydroxyl groups excluding tert-OH is 1. The van der Waals surface area contributed by atoms with Crippen molar-refractivity contribution in [2.45, 2.75) is 360 Å². The predicted octanol–water partition coefficient (Wildman–Crippen LogP) is 30.4. The lowest BCUT2D eigenvalue weighted by molar-refractivity contribution is -0.123. The van der Waals surface area contributed by atoms with Crippen LogP contribution in [0.2, 0.25) is 0 Å². The zero-order chi connectivity index (χ0) is 109. The molecule has 0 aromatic heterocycles. The van der Waals surface area contributed by atoms with E-state index < -0.39 is 9.84 Å². The molecule has 0 bridgehead atoms. The second-order valence-electron chi connectivity index (χ2n) is 45.9. The number of nitrogens with zero attached hydrogens (tertiary/aromatic N) is 2. The highest BCUT2D eigenvalue weighted by Crippen LogP contribution is 2.25. The number of nitrogens with one attached hydrogen (secondary N) is 1. The molecule has 0 radical (unpaired) electrons. The third-order valence-electron chi connectivity index (χ3n) is 27.1. The van der Waals surface area contributed by atoms with Crippen LogP contribution in [0.5, 0.6) is 5.75 Å². The first-order chi connectivity index (χ1) is 71.5. The smallest absolute Gasteiger partial charge is 0.182 e. The monoisotopic (exact) mass is 2050 g/mol. The summed E-state index contributed by atoms with van der Waals surface area (Å²) in [6.45, 7) is 51.1. The van der Waals surface area contributed by atoms with Crippen LogP contribution < -0.4 is 15.8 Å². The van der Waals surface area contributed by atoms with Crippen LogP contribution in [-0.4, -0.2) is 118 Å². The van der Waals surface area contributed by atoms with E-state index in [4.69, 9.17) is 15.6 Å². The van der Waals surface area contributed by atoms with Gasteiger partial charge in [-0.25, -0.2) is 8.42 Å². The number of hydrogen-bond donors (Lipinski definition) is 3. The molecule has 3 atom stereocenters. The molecule has 4 N–H and O–H groups in total. The number of sulfone groups is 1. The Kier molecular flexibility index (Phi) is 64.0. The molecular formula is C136H198N4O8S. The number of Topliss-reactive ketones (excluding diaryl/α,β-unsaturated/α-hetero) is 4. The second-order valence-corrected chi connectivity index (χ2v) is 47.9. The first-order valence-corrected chi connectivity index (χ1v) is 59.4. The van der Waals surface area contributed by atoms with E-state index >= 15 is 0 Å². The average Bonchev–Trinajstić information content (AvgIpc) is 1.20. The van der Waals surface area contributed by atoms with Gasteiger partial charge in [0.2, 0.25) is 0 Å². The average molecular weight is 2050 g/mol. The highest BCUT2D eigenvalue weighted by Gasteiger charge is 2.23. The quantitative estimate of drug-likeness (QED) is 0.0308. The Bertz CT molecular complexity index is 5200. The number of likely N-dealkylation sites (tertiary alicyclic amines) is 2. The molecule has 0 spiro atoms. The summed E-state index contributed by atoms with van der Waals surface area (Å²) in [7, 11) is -3.25. The minimum atomic E-state index is -3.25. The van der Waals surface area contributed by atoms with Gasteiger partial charge in [-0.3, -0.25) is 24.1 Å². The number of hydrogen-bond acceptors (Lipinski definition) is 12. The van der Waals surface area contributed by atoms with Gasteiger partial charge in [0.05, 0.1) is 29.3 Å². The van der Waals surface area contributed by atoms with Crippen molar-refractivity contribution in [3.63, 3.8) is 0 Å². The summed E-state index contributed by atoms with van der Waals surface area (Å²) in [6.07, 6.45) is 35.3. The molecule has 10 aromatic rings. The number of aryl methyl sites for hydroxylation is 2. The molecule has 3 saturated heterocycles. The summed E-state index contributed by atoms with van der Waals surface area (Å²) in [5, 5.41) is 12.2. The topological polar surface area (TPSA) is 176 Å². The molecular weight excluding hydrogens is 1850 g/mol. The van der Waals surface area contributed by atoms with Gasteiger partial charge >= 0.3 is 0 Å². The highest BCUT2D eigenvalue weighted by atomic mass is 32.2. The zero-order valence-electron chi connectivity index (χ0n) is 96.0. The van der Waals surface area contributed by atoms with Crippen LogP contribution in [0.15, 0.2) is 260 Å². The van der Waals surface area contributed by atoms with E-state index in [9.17, 15) is 27.6 Å². The number of nitrogens with two attached hydrogens (primary N) is 1. The molecule has 816 valence electrons. The molecule has 3 aliphatic heterocycles. The molecule has 10 aromatic carbocycles. The van der Waals surface area contributed by atoms with Gasteiger partial charge in [0, 0.05) is 44.6 Å². The SMILES string of the molecule is CC(C)Cc1ccc(CC(=O)Cc2ccccc2)cc1.CC(C)Cc1ccc(CC(=O)[C@@H](C)CO)cc1.CC(C)Cc1ccc(CC(=O)[C@@H]2CCCN2)cc1.CC(C)Cc1ccc(CCCN2CCCCC2)cc1.CC(C)Cc1ccc(CS(=O)(=O)c2ccccc2)cc1.CC(C)Cc1ccc(OCCN2CCCCC2)cc1.CCCCCCc1ccc(CC(C)C)cc1.CCCCC[C@H](N)C(=O)Cc1ccc(CC(C)C)cc1. The molecule has 3 heterocycles. The van der Waals surface area contributed by atoms with Crippen molar-refractivity contribution >= 4 is 33.0 Å². The lowest BCUT2D eigenvalue weighted by Crippen LogP contribution is -2.33. The predicted molar refractivity (Wildman–Crippen MR) is 634 cm³/mol. The van der Waals surface area contributed by atoms with Gasteiger partial charge in [-0.2, -0.15) is 0 Å². The number of carbonyl (C=O) groups excluding carboxylic acids is 4. The number of carbonyl (C=O) groups is 4. The van der Waals surface area contributed by atoms with Gasteiger partial charge in [-0.05, 0) is 322 Å². The van der Waals surface area contributed by atoms with Gasteiger partial charge in [-0.15, -0.1) is 0 Å². The van der Waals surface area contributed by atoms with E-state index in [0.717, 1.165) is 148 Å². The number of aliphatic hydroxyl groups is 1. The van der Waals surface area contributed by atoms with Crippen LogP contribution in [-0.2, 0) is 131 Å². The number of rotatable bonds is 50. The summed E-state index contributed by atoms with van der Waals surface area (Å²) in [6, 6.07) is 86.9. The number of ketones is 4. The molecule has 0 aliphatic carbocycles. The Balaban J connectivity index is 0.000000260. The zero-order valence-corrected chi connectivity index (χ0v) is 96.8. The summed E-state index contributed by atoms with van der Waals surface area (Å²) in [5.41, 5.74) is 26.2. The first kappa shape index (κ1) is 128. The summed E-state index contributed by atoms with van der Waals surface area (Å²) in [5.74, 6) is 7.17. The van der Waals surface area contributed by atoms with Crippen molar-refractivity contribution in [2.75, 3.05) is 59.0 Å². The first-order valence-electron chi connectivity index (χ1n) is 57.7. The van der Waals surface area contributed by atoms with E-state index in [2.05, 4.69) is 297 Å². The maximum atomic E-state index is 12.3. The van der Waals surface area contributed by atoms with Crippen LogP contribution in [0.4, 0.5) is 0 Å². The lowest BCUT2D eigenvalue weighted by Gasteiger charge is -2.26. The number of benzene rings is 10. The molecule has 13 heteroatoms. The van der Waals surface area contributed by atoms with Crippen LogP contribution in [0.25, 0.3) is 0 Å². The standard InChI is InChI=1S/C19H22O.C18H29NO.C18H29N.C17H27NO.C17H20O2S.C16H23NO.C16H26.C15H22O2/c1-15(2)12-17-8-10-18(11-9-17)14-19(20)13-16-6-4-3-5-7-16;1-4-5-6-7-17(19)18(20)13-16-10-8-15(9-11-16)12-14(2)3;1-16(2)15-18-10-8-17(9-11-18)7-6-14-19-12-4-3-5-13-19;1-15(2)14-16-6-8-17(9-7-16)19-13-12-18-10-4-3-5-11-18;1-14(2)12-15-8-10-16(11-9-15)13-20(18,19)17-6-4-3-5-7-17;1-12(2)10-13-5-7-14(8-6-13)11-16(18)15-4-3-9-17-15;1-4-5-6-7-8-15-9-11-16(12-10-15)13-14(2)3;1-11(2)8-13-4-6-14(7-5-13)9-15(17)12(3)10-16/h3-11,15H,12-14H2,1-2H3;8-11,14,17H,4-7,12-13,19H2,1-3H3;8-11,16H,3-7,12-15H2,1-2H3;6-9,15H,3-5,10-14H2,1-2H3;3-11,14H,12-13H2,1-2H3;5-8,12,15,17H,3-4,9-11H2,1-2H3;9-12,14H,4-8,13H2,1-3H3;4-7,11-12,16H,8-10H2,1-3H3/t;17-;;;;15-;;12-/m.0...0.0/s1. The van der Waals surface area contributed by atoms with E-state index in [1.54, 1.807) is 31.2 Å². The highest BCUT2D eigenvalue weighted by molar-refractivity contribution is 7.90. The van der Waals surface area contributed by atoms with Crippen molar-refractivity contribution < 1.29 is 37.4 Å². The van der Waals surface area contributed by atoms with Crippen molar-refractivity contribution in [1.82, 2.24) is 15.1 Å². The van der Waals surface area contributed by atoms with E-state index in [1.165, 1.54) is 185 Å². The largest absolute Gasteiger partial charge is 0.492 e.